The second-order valence-corrected chi connectivity index (χ2v) is 2.73. The molecule has 4 nitrogen and oxygen atoms in total. The van der Waals surface area contributed by atoms with Gasteiger partial charge in [-0.25, -0.2) is 4.79 Å². The normalized spacial score (nSPS) is 12.3. The Morgan fingerprint density at radius 1 is 1.50 bits per heavy atom. The van der Waals surface area contributed by atoms with Crippen LogP contribution in [0.3, 0.4) is 0 Å². The van der Waals surface area contributed by atoms with Crippen LogP contribution in [0.1, 0.15) is 13.3 Å². The molecule has 12 heavy (non-hydrogen) atoms. The zero-order chi connectivity index (χ0) is 9.56. The molecule has 0 heterocycles. The lowest BCUT2D eigenvalue weighted by Crippen LogP contribution is -2.29. The van der Waals surface area contributed by atoms with Crippen molar-refractivity contribution in [1.82, 2.24) is 4.90 Å². The Balaban J connectivity index is 3.56. The van der Waals surface area contributed by atoms with E-state index in [1.807, 2.05) is 6.92 Å². The van der Waals surface area contributed by atoms with E-state index in [1.165, 1.54) is 12.0 Å². The molecule has 0 fully saturated rings. The van der Waals surface area contributed by atoms with Crippen LogP contribution in [-0.4, -0.2) is 44.9 Å². The maximum atomic E-state index is 10.9. The molecule has 1 amide bonds. The zero-order valence-corrected chi connectivity index (χ0v) is 8.16. The smallest absolute Gasteiger partial charge is 0.409 e. The van der Waals surface area contributed by atoms with Gasteiger partial charge in [-0.05, 0) is 13.3 Å². The fraction of sp³-hybridized carbons (Fsp3) is 0.875. The molecule has 0 saturated heterocycles. The average Bonchev–Trinajstić information content (AvgIpc) is 2.11. The number of carbonyl (C=O) groups excluding carboxylic acids is 1. The molecule has 0 aromatic rings. The first-order valence-electron chi connectivity index (χ1n) is 3.93. The van der Waals surface area contributed by atoms with Crippen molar-refractivity contribution in [2.45, 2.75) is 19.4 Å². The summed E-state index contributed by atoms with van der Waals surface area (Å²) >= 11 is 0. The van der Waals surface area contributed by atoms with E-state index in [0.29, 0.717) is 6.54 Å². The van der Waals surface area contributed by atoms with Gasteiger partial charge in [0.05, 0.1) is 13.2 Å². The third-order valence-corrected chi connectivity index (χ3v) is 1.76. The molecule has 0 bridgehead atoms. The van der Waals surface area contributed by atoms with Crippen LogP contribution in [-0.2, 0) is 9.47 Å². The van der Waals surface area contributed by atoms with Crippen LogP contribution in [0.5, 0.6) is 0 Å². The van der Waals surface area contributed by atoms with E-state index in [2.05, 4.69) is 4.74 Å². The zero-order valence-electron chi connectivity index (χ0n) is 8.16. The summed E-state index contributed by atoms with van der Waals surface area (Å²) < 4.78 is 9.56. The first-order valence-corrected chi connectivity index (χ1v) is 3.93. The molecule has 0 radical (unpaired) electrons. The summed E-state index contributed by atoms with van der Waals surface area (Å²) in [6, 6.07) is 0. The number of ether oxygens (including phenoxy) is 2. The van der Waals surface area contributed by atoms with Gasteiger partial charge >= 0.3 is 6.09 Å². The number of carbonyl (C=O) groups is 1. The third-order valence-electron chi connectivity index (χ3n) is 1.76. The van der Waals surface area contributed by atoms with Gasteiger partial charge in [-0.15, -0.1) is 0 Å². The summed E-state index contributed by atoms with van der Waals surface area (Å²) in [4.78, 5) is 12.4. The van der Waals surface area contributed by atoms with Gasteiger partial charge in [0.2, 0.25) is 0 Å². The maximum absolute atomic E-state index is 10.9. The minimum atomic E-state index is -0.307. The highest BCUT2D eigenvalue weighted by molar-refractivity contribution is 5.66. The first-order chi connectivity index (χ1) is 5.61. The molecule has 0 rings (SSSR count). The lowest BCUT2D eigenvalue weighted by Gasteiger charge is -2.17. The highest BCUT2D eigenvalue weighted by Gasteiger charge is 2.08. The number of hydrogen-bond acceptors (Lipinski definition) is 3. The number of hydrogen-bond donors (Lipinski definition) is 0. The van der Waals surface area contributed by atoms with Crippen molar-refractivity contribution in [1.29, 1.82) is 0 Å². The number of nitrogens with zero attached hydrogens (tertiary/aromatic N) is 1. The molecule has 0 saturated carbocycles. The lowest BCUT2D eigenvalue weighted by molar-refractivity contribution is 0.0933. The summed E-state index contributed by atoms with van der Waals surface area (Å²) in [5.41, 5.74) is 0. The standard InChI is InChI=1S/C8H17NO3/c1-7(11-3)5-6-9(2)8(10)12-4/h7H,5-6H2,1-4H3. The van der Waals surface area contributed by atoms with Crippen LogP contribution in [0.15, 0.2) is 0 Å². The Morgan fingerprint density at radius 3 is 2.50 bits per heavy atom. The predicted octanol–water partition coefficient (Wildman–Crippen LogP) is 1.11. The van der Waals surface area contributed by atoms with E-state index in [1.54, 1.807) is 14.2 Å². The van der Waals surface area contributed by atoms with Crippen LogP contribution in [0.25, 0.3) is 0 Å². The molecule has 0 aliphatic carbocycles. The van der Waals surface area contributed by atoms with Crippen molar-refractivity contribution in [3.8, 4) is 0 Å². The maximum Gasteiger partial charge on any atom is 0.409 e. The quantitative estimate of drug-likeness (QED) is 0.642. The summed E-state index contributed by atoms with van der Waals surface area (Å²) in [6.45, 7) is 2.62. The van der Waals surface area contributed by atoms with E-state index in [9.17, 15) is 4.79 Å². The van der Waals surface area contributed by atoms with E-state index < -0.39 is 0 Å². The molecule has 0 N–H and O–H groups in total. The first kappa shape index (κ1) is 11.2. The van der Waals surface area contributed by atoms with Gasteiger partial charge in [0, 0.05) is 20.7 Å². The molecular formula is C8H17NO3. The minimum absolute atomic E-state index is 0.178. The van der Waals surface area contributed by atoms with E-state index >= 15 is 0 Å². The van der Waals surface area contributed by atoms with Gasteiger partial charge in [-0.2, -0.15) is 0 Å². The van der Waals surface area contributed by atoms with Gasteiger partial charge in [0.25, 0.3) is 0 Å². The van der Waals surface area contributed by atoms with Gasteiger partial charge < -0.3 is 14.4 Å². The van der Waals surface area contributed by atoms with Gasteiger partial charge in [0.1, 0.15) is 0 Å². The topological polar surface area (TPSA) is 38.8 Å². The van der Waals surface area contributed by atoms with Crippen LogP contribution in [0, 0.1) is 0 Å². The Morgan fingerprint density at radius 2 is 2.08 bits per heavy atom. The Labute approximate surface area is 73.4 Å². The van der Waals surface area contributed by atoms with Crippen LogP contribution in [0.2, 0.25) is 0 Å². The van der Waals surface area contributed by atoms with Crippen LogP contribution >= 0.6 is 0 Å². The molecule has 0 aliphatic heterocycles. The lowest BCUT2D eigenvalue weighted by atomic mass is 10.3. The molecule has 0 aliphatic rings. The summed E-state index contributed by atoms with van der Waals surface area (Å²) in [6.07, 6.45) is 0.692. The third kappa shape index (κ3) is 4.18. The average molecular weight is 175 g/mol. The van der Waals surface area contributed by atoms with Crippen molar-refractivity contribution in [2.75, 3.05) is 27.8 Å². The highest BCUT2D eigenvalue weighted by Crippen LogP contribution is 1.98. The molecule has 0 aromatic heterocycles. The Hall–Kier alpha value is -0.770. The van der Waals surface area contributed by atoms with Crippen molar-refractivity contribution in [3.05, 3.63) is 0 Å². The van der Waals surface area contributed by atoms with Crippen LogP contribution < -0.4 is 0 Å². The Kier molecular flexibility index (Phi) is 5.45. The number of amides is 1. The second kappa shape index (κ2) is 5.83. The van der Waals surface area contributed by atoms with E-state index in [-0.39, 0.29) is 12.2 Å². The molecule has 0 spiro atoms. The SMILES string of the molecule is COC(=O)N(C)CCC(C)OC. The summed E-state index contributed by atoms with van der Waals surface area (Å²) in [7, 11) is 4.73. The molecule has 4 heteroatoms. The monoisotopic (exact) mass is 175 g/mol. The van der Waals surface area contributed by atoms with Crippen molar-refractivity contribution in [2.24, 2.45) is 0 Å². The second-order valence-electron chi connectivity index (χ2n) is 2.73. The molecule has 72 valence electrons. The van der Waals surface area contributed by atoms with E-state index in [0.717, 1.165) is 6.42 Å². The van der Waals surface area contributed by atoms with Crippen LogP contribution in [0.4, 0.5) is 4.79 Å². The van der Waals surface area contributed by atoms with Gasteiger partial charge in [-0.1, -0.05) is 0 Å². The van der Waals surface area contributed by atoms with Crippen molar-refractivity contribution in [3.63, 3.8) is 0 Å². The Bertz CT molecular complexity index is 138. The van der Waals surface area contributed by atoms with Crippen molar-refractivity contribution >= 4 is 6.09 Å². The number of methoxy groups -OCH3 is 2. The minimum Gasteiger partial charge on any atom is -0.453 e. The predicted molar refractivity (Wildman–Crippen MR) is 46.1 cm³/mol. The summed E-state index contributed by atoms with van der Waals surface area (Å²) in [5, 5.41) is 0. The molecule has 0 aromatic carbocycles. The molecule has 1 atom stereocenters. The van der Waals surface area contributed by atoms with Crippen molar-refractivity contribution < 1.29 is 14.3 Å². The molecule has 1 unspecified atom stereocenters. The summed E-state index contributed by atoms with van der Waals surface area (Å²) in [5.74, 6) is 0. The molecular weight excluding hydrogens is 158 g/mol. The largest absolute Gasteiger partial charge is 0.453 e. The van der Waals surface area contributed by atoms with E-state index in [4.69, 9.17) is 4.74 Å². The fourth-order valence-corrected chi connectivity index (χ4v) is 0.740. The fourth-order valence-electron chi connectivity index (χ4n) is 0.740. The number of rotatable bonds is 4. The highest BCUT2D eigenvalue weighted by atomic mass is 16.5. The van der Waals surface area contributed by atoms with Gasteiger partial charge in [-0.3, -0.25) is 0 Å². The van der Waals surface area contributed by atoms with Gasteiger partial charge in [0.15, 0.2) is 0 Å².